The standard InChI is InChI=1S/C20H22N2O6/c1-14-3-5-15(6-4-14)13-28-18-9-16(7-8-17(18)27-2)10-21-22(11-19(23)24)12-20(25)26/h3-10H,11-13H2,1-2H3,(H,23,24)(H,25,26)/b21-10-. The average molecular weight is 386 g/mol. The molecule has 2 aromatic rings. The lowest BCUT2D eigenvalue weighted by atomic mass is 10.1. The quantitative estimate of drug-likeness (QED) is 0.477. The zero-order chi connectivity index (χ0) is 20.5. The van der Waals surface area contributed by atoms with Gasteiger partial charge in [0, 0.05) is 0 Å². The Balaban J connectivity index is 2.14. The van der Waals surface area contributed by atoms with E-state index in [4.69, 9.17) is 19.7 Å². The lowest BCUT2D eigenvalue weighted by Gasteiger charge is -2.14. The zero-order valence-electron chi connectivity index (χ0n) is 15.7. The first kappa shape index (κ1) is 20.8. The fourth-order valence-electron chi connectivity index (χ4n) is 2.33. The Bertz CT molecular complexity index is 832. The number of rotatable bonds is 10. The first-order valence-electron chi connectivity index (χ1n) is 8.46. The number of carboxylic acids is 2. The van der Waals surface area contributed by atoms with Crippen LogP contribution in [0.4, 0.5) is 0 Å². The van der Waals surface area contributed by atoms with Crippen LogP contribution in [-0.4, -0.2) is 53.6 Å². The molecule has 0 aromatic heterocycles. The van der Waals surface area contributed by atoms with Gasteiger partial charge in [0.25, 0.3) is 0 Å². The predicted octanol–water partition coefficient (Wildman–Crippen LogP) is 2.39. The van der Waals surface area contributed by atoms with Crippen molar-refractivity contribution in [2.24, 2.45) is 5.10 Å². The summed E-state index contributed by atoms with van der Waals surface area (Å²) in [7, 11) is 1.53. The number of benzene rings is 2. The van der Waals surface area contributed by atoms with Crippen molar-refractivity contribution < 1.29 is 29.3 Å². The third-order valence-corrected chi connectivity index (χ3v) is 3.71. The molecule has 0 atom stereocenters. The molecule has 0 radical (unpaired) electrons. The lowest BCUT2D eigenvalue weighted by molar-refractivity contribution is -0.141. The van der Waals surface area contributed by atoms with E-state index in [-0.39, 0.29) is 0 Å². The summed E-state index contributed by atoms with van der Waals surface area (Å²) >= 11 is 0. The van der Waals surface area contributed by atoms with Crippen LogP contribution in [0.2, 0.25) is 0 Å². The molecule has 8 heteroatoms. The molecule has 2 rings (SSSR count). The van der Waals surface area contributed by atoms with Crippen molar-refractivity contribution in [2.75, 3.05) is 20.2 Å². The summed E-state index contributed by atoms with van der Waals surface area (Å²) in [4.78, 5) is 21.7. The largest absolute Gasteiger partial charge is 0.493 e. The van der Waals surface area contributed by atoms with Gasteiger partial charge in [-0.25, -0.2) is 0 Å². The van der Waals surface area contributed by atoms with Crippen molar-refractivity contribution in [3.63, 3.8) is 0 Å². The molecular weight excluding hydrogens is 364 g/mol. The second-order valence-corrected chi connectivity index (χ2v) is 6.04. The van der Waals surface area contributed by atoms with Gasteiger partial charge in [0.1, 0.15) is 19.7 Å². The van der Waals surface area contributed by atoms with E-state index in [1.807, 2.05) is 31.2 Å². The van der Waals surface area contributed by atoms with Crippen molar-refractivity contribution in [3.05, 3.63) is 59.2 Å². The Morgan fingerprint density at radius 1 is 1.04 bits per heavy atom. The van der Waals surface area contributed by atoms with Crippen LogP contribution in [0.25, 0.3) is 0 Å². The van der Waals surface area contributed by atoms with Gasteiger partial charge >= 0.3 is 11.9 Å². The molecule has 28 heavy (non-hydrogen) atoms. The smallest absolute Gasteiger partial charge is 0.324 e. The molecular formula is C20H22N2O6. The fourth-order valence-corrected chi connectivity index (χ4v) is 2.33. The van der Waals surface area contributed by atoms with Gasteiger partial charge in [-0.3, -0.25) is 14.6 Å². The van der Waals surface area contributed by atoms with Gasteiger partial charge in [-0.15, -0.1) is 0 Å². The molecule has 0 bridgehead atoms. The van der Waals surface area contributed by atoms with Gasteiger partial charge in [0.15, 0.2) is 11.5 Å². The van der Waals surface area contributed by atoms with E-state index in [1.165, 1.54) is 13.3 Å². The first-order valence-corrected chi connectivity index (χ1v) is 8.46. The number of aryl methyl sites for hydroxylation is 1. The summed E-state index contributed by atoms with van der Waals surface area (Å²) in [6, 6.07) is 13.0. The normalized spacial score (nSPS) is 10.6. The van der Waals surface area contributed by atoms with E-state index in [2.05, 4.69) is 5.10 Å². The number of aliphatic carboxylic acids is 2. The highest BCUT2D eigenvalue weighted by Gasteiger charge is 2.11. The number of ether oxygens (including phenoxy) is 2. The maximum atomic E-state index is 10.8. The number of hydrazone groups is 1. The van der Waals surface area contributed by atoms with E-state index in [1.54, 1.807) is 18.2 Å². The number of nitrogens with zero attached hydrogens (tertiary/aromatic N) is 2. The van der Waals surface area contributed by atoms with Crippen molar-refractivity contribution in [1.29, 1.82) is 0 Å². The molecule has 0 saturated carbocycles. The van der Waals surface area contributed by atoms with E-state index in [0.29, 0.717) is 23.7 Å². The molecule has 0 fully saturated rings. The Morgan fingerprint density at radius 3 is 2.25 bits per heavy atom. The van der Waals surface area contributed by atoms with E-state index in [9.17, 15) is 9.59 Å². The topological polar surface area (TPSA) is 109 Å². The van der Waals surface area contributed by atoms with Gasteiger partial charge in [-0.2, -0.15) is 5.10 Å². The van der Waals surface area contributed by atoms with Crippen molar-refractivity contribution in [3.8, 4) is 11.5 Å². The Labute approximate surface area is 162 Å². The van der Waals surface area contributed by atoms with E-state index in [0.717, 1.165) is 16.1 Å². The molecule has 2 N–H and O–H groups in total. The van der Waals surface area contributed by atoms with Crippen molar-refractivity contribution >= 4 is 18.2 Å². The van der Waals surface area contributed by atoms with E-state index < -0.39 is 25.0 Å². The van der Waals surface area contributed by atoms with Gasteiger partial charge < -0.3 is 19.7 Å². The summed E-state index contributed by atoms with van der Waals surface area (Å²) in [6.07, 6.45) is 1.38. The van der Waals surface area contributed by atoms with Crippen LogP contribution in [0.15, 0.2) is 47.6 Å². The van der Waals surface area contributed by atoms with Crippen molar-refractivity contribution in [1.82, 2.24) is 5.01 Å². The molecule has 8 nitrogen and oxygen atoms in total. The molecule has 0 spiro atoms. The summed E-state index contributed by atoms with van der Waals surface area (Å²) in [5.41, 5.74) is 2.77. The minimum atomic E-state index is -1.17. The molecule has 0 aliphatic rings. The summed E-state index contributed by atoms with van der Waals surface area (Å²) in [5.74, 6) is -1.31. The Kier molecular flexibility index (Phi) is 7.38. The first-order chi connectivity index (χ1) is 13.4. The molecule has 2 aromatic carbocycles. The molecule has 148 valence electrons. The summed E-state index contributed by atoms with van der Waals surface area (Å²) in [5, 5.41) is 22.6. The van der Waals surface area contributed by atoms with Crippen LogP contribution in [0.5, 0.6) is 11.5 Å². The molecule has 0 saturated heterocycles. The molecule has 0 unspecified atom stereocenters. The SMILES string of the molecule is COc1ccc(/C=N\N(CC(=O)O)CC(=O)O)cc1OCc1ccc(C)cc1. The number of carboxylic acid groups (broad SMARTS) is 2. The van der Waals surface area contributed by atoms with E-state index >= 15 is 0 Å². The number of hydrogen-bond acceptors (Lipinski definition) is 6. The highest BCUT2D eigenvalue weighted by molar-refractivity contribution is 5.81. The molecule has 0 aliphatic carbocycles. The maximum absolute atomic E-state index is 10.8. The third-order valence-electron chi connectivity index (χ3n) is 3.71. The van der Waals surface area contributed by atoms with Crippen LogP contribution in [-0.2, 0) is 16.2 Å². The zero-order valence-corrected chi connectivity index (χ0v) is 15.7. The summed E-state index contributed by atoms with van der Waals surface area (Å²) in [6.45, 7) is 1.32. The van der Waals surface area contributed by atoms with Gasteiger partial charge in [-0.1, -0.05) is 29.8 Å². The third kappa shape index (κ3) is 6.64. The number of carbonyl (C=O) groups is 2. The van der Waals surface area contributed by atoms with Gasteiger partial charge in [0.2, 0.25) is 0 Å². The summed E-state index contributed by atoms with van der Waals surface area (Å²) < 4.78 is 11.1. The minimum absolute atomic E-state index is 0.349. The maximum Gasteiger partial charge on any atom is 0.324 e. The minimum Gasteiger partial charge on any atom is -0.493 e. The Morgan fingerprint density at radius 2 is 1.68 bits per heavy atom. The predicted molar refractivity (Wildman–Crippen MR) is 103 cm³/mol. The van der Waals surface area contributed by atoms with Crippen LogP contribution >= 0.6 is 0 Å². The van der Waals surface area contributed by atoms with Gasteiger partial charge in [-0.05, 0) is 36.2 Å². The molecule has 0 amide bonds. The second kappa shape index (κ2) is 9.96. The van der Waals surface area contributed by atoms with Crippen molar-refractivity contribution in [2.45, 2.75) is 13.5 Å². The Hall–Kier alpha value is -3.55. The number of hydrogen-bond donors (Lipinski definition) is 2. The second-order valence-electron chi connectivity index (χ2n) is 6.04. The van der Waals surface area contributed by atoms with Crippen LogP contribution in [0.1, 0.15) is 16.7 Å². The lowest BCUT2D eigenvalue weighted by Crippen LogP contribution is -2.30. The molecule has 0 heterocycles. The monoisotopic (exact) mass is 386 g/mol. The highest BCUT2D eigenvalue weighted by atomic mass is 16.5. The number of methoxy groups -OCH3 is 1. The van der Waals surface area contributed by atoms with Gasteiger partial charge in [0.05, 0.1) is 13.3 Å². The fraction of sp³-hybridized carbons (Fsp3) is 0.250. The van der Waals surface area contributed by atoms with Crippen LogP contribution in [0, 0.1) is 6.92 Å². The van der Waals surface area contributed by atoms with Crippen LogP contribution < -0.4 is 9.47 Å². The highest BCUT2D eigenvalue weighted by Crippen LogP contribution is 2.28. The average Bonchev–Trinajstić information content (AvgIpc) is 2.65. The molecule has 0 aliphatic heterocycles. The van der Waals surface area contributed by atoms with Crippen LogP contribution in [0.3, 0.4) is 0 Å².